The first-order chi connectivity index (χ1) is 14.3. The molecule has 9 nitrogen and oxygen atoms in total. The van der Waals surface area contributed by atoms with E-state index in [4.69, 9.17) is 9.15 Å². The van der Waals surface area contributed by atoms with E-state index in [0.717, 1.165) is 0 Å². The molecule has 9 heteroatoms. The minimum Gasteiger partial charge on any atom is -0.508 e. The Kier molecular flexibility index (Phi) is 5.22. The molecule has 2 heterocycles. The largest absolute Gasteiger partial charge is 0.508 e. The van der Waals surface area contributed by atoms with Gasteiger partial charge in [-0.15, -0.1) is 0 Å². The topological polar surface area (TPSA) is 161 Å². The third-order valence-electron chi connectivity index (χ3n) is 5.31. The van der Waals surface area contributed by atoms with Crippen LogP contribution in [-0.4, -0.2) is 61.7 Å². The second-order valence-corrected chi connectivity index (χ2v) is 7.15. The molecule has 0 amide bonds. The molecule has 5 atom stereocenters. The van der Waals surface area contributed by atoms with Gasteiger partial charge in [-0.05, 0) is 29.8 Å². The molecule has 0 saturated carbocycles. The Balaban J connectivity index is 1.87. The summed E-state index contributed by atoms with van der Waals surface area (Å²) >= 11 is 0. The lowest BCUT2D eigenvalue weighted by atomic mass is 9.89. The van der Waals surface area contributed by atoms with Gasteiger partial charge < -0.3 is 39.8 Å². The van der Waals surface area contributed by atoms with Gasteiger partial charge in [0.1, 0.15) is 53.9 Å². The van der Waals surface area contributed by atoms with Crippen molar-refractivity contribution in [2.45, 2.75) is 30.5 Å². The van der Waals surface area contributed by atoms with Crippen molar-refractivity contribution in [1.29, 1.82) is 0 Å². The van der Waals surface area contributed by atoms with E-state index in [9.17, 15) is 35.4 Å². The first-order valence-electron chi connectivity index (χ1n) is 9.20. The Morgan fingerprint density at radius 2 is 1.60 bits per heavy atom. The van der Waals surface area contributed by atoms with Crippen LogP contribution in [0.2, 0.25) is 0 Å². The Hall–Kier alpha value is -2.95. The normalized spacial score (nSPS) is 26.7. The Morgan fingerprint density at radius 3 is 2.27 bits per heavy atom. The fourth-order valence-corrected chi connectivity index (χ4v) is 3.67. The number of aliphatic hydroxyl groups excluding tert-OH is 4. The van der Waals surface area contributed by atoms with Gasteiger partial charge in [0.2, 0.25) is 5.43 Å². The predicted molar refractivity (Wildman–Crippen MR) is 104 cm³/mol. The van der Waals surface area contributed by atoms with Crippen LogP contribution in [0.4, 0.5) is 0 Å². The number of ether oxygens (including phenoxy) is 1. The van der Waals surface area contributed by atoms with Gasteiger partial charge in [-0.1, -0.05) is 12.1 Å². The monoisotopic (exact) mass is 416 g/mol. The first kappa shape index (κ1) is 20.3. The fraction of sp³-hybridized carbons (Fsp3) is 0.286. The average Bonchev–Trinajstić information content (AvgIpc) is 2.74. The van der Waals surface area contributed by atoms with Crippen LogP contribution in [0.5, 0.6) is 11.5 Å². The molecule has 2 aromatic carbocycles. The lowest BCUT2D eigenvalue weighted by molar-refractivity contribution is -0.231. The molecule has 0 radical (unpaired) electrons. The third-order valence-corrected chi connectivity index (χ3v) is 5.31. The molecule has 1 aromatic heterocycles. The summed E-state index contributed by atoms with van der Waals surface area (Å²) < 4.78 is 11.1. The van der Waals surface area contributed by atoms with Gasteiger partial charge in [-0.2, -0.15) is 0 Å². The molecule has 4 rings (SSSR count). The van der Waals surface area contributed by atoms with Gasteiger partial charge in [-0.25, -0.2) is 0 Å². The Morgan fingerprint density at radius 1 is 0.900 bits per heavy atom. The predicted octanol–water partition coefficient (Wildman–Crippen LogP) is 0.386. The van der Waals surface area contributed by atoms with Crippen LogP contribution in [0.15, 0.2) is 51.9 Å². The summed E-state index contributed by atoms with van der Waals surface area (Å²) in [6, 6.07) is 8.54. The molecule has 30 heavy (non-hydrogen) atoms. The summed E-state index contributed by atoms with van der Waals surface area (Å²) in [4.78, 5) is 13.0. The molecular weight excluding hydrogens is 396 g/mol. The molecule has 158 valence electrons. The highest BCUT2D eigenvalue weighted by atomic mass is 16.5. The van der Waals surface area contributed by atoms with E-state index in [1.807, 2.05) is 0 Å². The molecule has 1 aliphatic rings. The van der Waals surface area contributed by atoms with Gasteiger partial charge in [0, 0.05) is 0 Å². The zero-order valence-electron chi connectivity index (χ0n) is 15.5. The number of aliphatic hydroxyl groups is 4. The standard InChI is InChI=1S/C21H20O9/c22-7-14-17(26)18(27)19(28)21(30-14)15-13(24)6-5-11-16(25)12(8-29-20(11)15)9-1-3-10(23)4-2-9/h1-6,8,14,17-19,21-24,26-28H,7H2/t14?,17-,18-,19?,21-/m0/s1. The second kappa shape index (κ2) is 7.71. The van der Waals surface area contributed by atoms with E-state index in [1.165, 1.54) is 30.5 Å². The number of aromatic hydroxyl groups is 2. The number of benzene rings is 2. The van der Waals surface area contributed by atoms with Crippen LogP contribution in [0.25, 0.3) is 22.1 Å². The summed E-state index contributed by atoms with van der Waals surface area (Å²) in [5.74, 6) is -0.314. The van der Waals surface area contributed by atoms with Crippen molar-refractivity contribution in [3.05, 3.63) is 58.4 Å². The summed E-state index contributed by atoms with van der Waals surface area (Å²) in [5, 5.41) is 59.8. The zero-order chi connectivity index (χ0) is 21.6. The minimum absolute atomic E-state index is 0.0405. The van der Waals surface area contributed by atoms with Crippen molar-refractivity contribution in [1.82, 2.24) is 0 Å². The number of phenols is 2. The Bertz CT molecular complexity index is 1120. The number of fused-ring (bicyclic) bond motifs is 1. The van der Waals surface area contributed by atoms with Crippen molar-refractivity contribution in [2.24, 2.45) is 0 Å². The molecule has 0 aliphatic carbocycles. The van der Waals surface area contributed by atoms with Gasteiger partial charge in [0.15, 0.2) is 0 Å². The van der Waals surface area contributed by atoms with Gasteiger partial charge >= 0.3 is 0 Å². The molecular formula is C21H20O9. The summed E-state index contributed by atoms with van der Waals surface area (Å²) in [5.41, 5.74) is 0.150. The maximum absolute atomic E-state index is 13.0. The number of rotatable bonds is 3. The molecule has 0 spiro atoms. The highest BCUT2D eigenvalue weighted by Crippen LogP contribution is 2.40. The highest BCUT2D eigenvalue weighted by molar-refractivity contribution is 5.86. The zero-order valence-corrected chi connectivity index (χ0v) is 15.5. The van der Waals surface area contributed by atoms with Crippen LogP contribution in [0.3, 0.4) is 0 Å². The summed E-state index contributed by atoms with van der Waals surface area (Å²) in [6.45, 7) is -0.637. The minimum atomic E-state index is -1.65. The molecule has 2 unspecified atom stereocenters. The molecule has 1 aliphatic heterocycles. The van der Waals surface area contributed by atoms with E-state index >= 15 is 0 Å². The highest BCUT2D eigenvalue weighted by Gasteiger charge is 2.45. The smallest absolute Gasteiger partial charge is 0.200 e. The number of hydrogen-bond donors (Lipinski definition) is 6. The van der Waals surface area contributed by atoms with Gasteiger partial charge in [-0.3, -0.25) is 4.79 Å². The van der Waals surface area contributed by atoms with E-state index < -0.39 is 42.6 Å². The molecule has 1 fully saturated rings. The van der Waals surface area contributed by atoms with Crippen LogP contribution in [-0.2, 0) is 4.74 Å². The lowest BCUT2D eigenvalue weighted by Gasteiger charge is -2.40. The van der Waals surface area contributed by atoms with E-state index in [-0.39, 0.29) is 33.6 Å². The maximum Gasteiger partial charge on any atom is 0.200 e. The van der Waals surface area contributed by atoms with Crippen molar-refractivity contribution in [2.75, 3.05) is 6.61 Å². The van der Waals surface area contributed by atoms with Crippen molar-refractivity contribution in [3.63, 3.8) is 0 Å². The van der Waals surface area contributed by atoms with E-state index in [0.29, 0.717) is 5.56 Å². The van der Waals surface area contributed by atoms with E-state index in [2.05, 4.69) is 0 Å². The van der Waals surface area contributed by atoms with Gasteiger partial charge in [0.25, 0.3) is 0 Å². The SMILES string of the molecule is O=c1c(-c2ccc(O)cc2)coc2c([C@@H]3OC(CO)[C@H](O)[C@H](O)C3O)c(O)ccc12. The van der Waals surface area contributed by atoms with Crippen molar-refractivity contribution < 1.29 is 39.8 Å². The summed E-state index contributed by atoms with van der Waals surface area (Å²) in [6.07, 6.45) is -6.24. The molecule has 0 bridgehead atoms. The van der Waals surface area contributed by atoms with E-state index in [1.54, 1.807) is 12.1 Å². The van der Waals surface area contributed by atoms with Gasteiger partial charge in [0.05, 0.1) is 23.1 Å². The quantitative estimate of drug-likeness (QED) is 0.355. The molecule has 6 N–H and O–H groups in total. The van der Waals surface area contributed by atoms with Crippen molar-refractivity contribution >= 4 is 11.0 Å². The number of phenolic OH excluding ortho intramolecular Hbond substituents is 2. The third kappa shape index (κ3) is 3.22. The summed E-state index contributed by atoms with van der Waals surface area (Å²) in [7, 11) is 0. The fourth-order valence-electron chi connectivity index (χ4n) is 3.67. The first-order valence-corrected chi connectivity index (χ1v) is 9.20. The van der Waals surface area contributed by atoms with Crippen LogP contribution >= 0.6 is 0 Å². The molecule has 1 saturated heterocycles. The van der Waals surface area contributed by atoms with Crippen LogP contribution in [0.1, 0.15) is 11.7 Å². The number of hydrogen-bond acceptors (Lipinski definition) is 9. The van der Waals surface area contributed by atoms with Crippen molar-refractivity contribution in [3.8, 4) is 22.6 Å². The van der Waals surface area contributed by atoms with Crippen LogP contribution < -0.4 is 5.43 Å². The second-order valence-electron chi connectivity index (χ2n) is 7.15. The lowest BCUT2D eigenvalue weighted by Crippen LogP contribution is -2.55. The Labute approximate surface area is 169 Å². The molecule has 3 aromatic rings. The average molecular weight is 416 g/mol. The van der Waals surface area contributed by atoms with Crippen LogP contribution in [0, 0.1) is 0 Å². The maximum atomic E-state index is 13.0.